The molecule has 0 fully saturated rings. The van der Waals surface area contributed by atoms with Crippen LogP contribution in [0.1, 0.15) is 30.0 Å². The minimum Gasteiger partial charge on any atom is -0.497 e. The van der Waals surface area contributed by atoms with Crippen LogP contribution in [0.4, 0.5) is 0 Å². The zero-order valence-corrected chi connectivity index (χ0v) is 17.4. The number of sulfonamides is 1. The van der Waals surface area contributed by atoms with E-state index in [0.717, 1.165) is 24.8 Å². The summed E-state index contributed by atoms with van der Waals surface area (Å²) < 4.78 is 36.5. The summed E-state index contributed by atoms with van der Waals surface area (Å²) in [6.07, 6.45) is 2.76. The normalized spacial score (nSPS) is 15.7. The molecule has 0 spiro atoms. The largest absolute Gasteiger partial charge is 0.497 e. The number of aryl methyl sites for hydroxylation is 1. The fourth-order valence-corrected chi connectivity index (χ4v) is 4.30. The summed E-state index contributed by atoms with van der Waals surface area (Å²) in [6, 6.07) is 13.5. The van der Waals surface area contributed by atoms with Gasteiger partial charge in [0, 0.05) is 0 Å². The molecule has 9 heteroatoms. The molecule has 160 valence electrons. The molecule has 0 aromatic heterocycles. The van der Waals surface area contributed by atoms with Crippen molar-refractivity contribution in [1.82, 2.24) is 10.0 Å². The first kappa shape index (κ1) is 21.8. The van der Waals surface area contributed by atoms with E-state index >= 15 is 0 Å². The molecule has 0 radical (unpaired) electrons. The van der Waals surface area contributed by atoms with Crippen LogP contribution in [0.5, 0.6) is 5.75 Å². The van der Waals surface area contributed by atoms with Gasteiger partial charge in [-0.1, -0.05) is 24.3 Å². The van der Waals surface area contributed by atoms with Crippen molar-refractivity contribution >= 4 is 21.9 Å². The lowest BCUT2D eigenvalue weighted by molar-refractivity contribution is -0.147. The zero-order valence-electron chi connectivity index (χ0n) is 16.6. The van der Waals surface area contributed by atoms with Crippen LogP contribution in [0.3, 0.4) is 0 Å². The number of fused-ring (bicyclic) bond motifs is 1. The highest BCUT2D eigenvalue weighted by Crippen LogP contribution is 2.29. The predicted molar refractivity (Wildman–Crippen MR) is 109 cm³/mol. The third-order valence-electron chi connectivity index (χ3n) is 4.85. The number of carbonyl (C=O) groups is 2. The van der Waals surface area contributed by atoms with Gasteiger partial charge in [-0.25, -0.2) is 8.42 Å². The number of methoxy groups -OCH3 is 1. The Morgan fingerprint density at radius 3 is 2.57 bits per heavy atom. The molecular weight excluding hydrogens is 408 g/mol. The predicted octanol–water partition coefficient (Wildman–Crippen LogP) is 1.71. The molecule has 1 aliphatic rings. The van der Waals surface area contributed by atoms with Crippen LogP contribution < -0.4 is 14.8 Å². The van der Waals surface area contributed by atoms with E-state index in [1.54, 1.807) is 0 Å². The summed E-state index contributed by atoms with van der Waals surface area (Å²) in [5, 5.41) is 2.87. The van der Waals surface area contributed by atoms with Crippen molar-refractivity contribution in [3.8, 4) is 5.75 Å². The molecule has 0 aliphatic heterocycles. The first-order valence-electron chi connectivity index (χ1n) is 9.55. The second kappa shape index (κ2) is 9.73. The number of benzene rings is 2. The molecule has 30 heavy (non-hydrogen) atoms. The highest BCUT2D eigenvalue weighted by atomic mass is 32.2. The summed E-state index contributed by atoms with van der Waals surface area (Å²) in [6.45, 7) is -1.05. The molecule has 0 saturated carbocycles. The maximum Gasteiger partial charge on any atom is 0.321 e. The Kier molecular flexibility index (Phi) is 7.07. The van der Waals surface area contributed by atoms with Gasteiger partial charge >= 0.3 is 5.97 Å². The van der Waals surface area contributed by atoms with Crippen LogP contribution in [0.2, 0.25) is 0 Å². The molecule has 8 nitrogen and oxygen atoms in total. The summed E-state index contributed by atoms with van der Waals surface area (Å²) in [4.78, 5) is 24.0. The van der Waals surface area contributed by atoms with Gasteiger partial charge in [0.05, 0.1) is 18.0 Å². The van der Waals surface area contributed by atoms with E-state index in [0.29, 0.717) is 5.75 Å². The lowest BCUT2D eigenvalue weighted by atomic mass is 9.88. The van der Waals surface area contributed by atoms with Crippen molar-refractivity contribution in [1.29, 1.82) is 0 Å². The summed E-state index contributed by atoms with van der Waals surface area (Å²) >= 11 is 0. The lowest BCUT2D eigenvalue weighted by Gasteiger charge is -2.26. The second-order valence-electron chi connectivity index (χ2n) is 6.87. The summed E-state index contributed by atoms with van der Waals surface area (Å²) in [5.74, 6) is -0.755. The van der Waals surface area contributed by atoms with Crippen LogP contribution in [-0.2, 0) is 30.8 Å². The van der Waals surface area contributed by atoms with E-state index in [-0.39, 0.29) is 10.9 Å². The number of esters is 1. The van der Waals surface area contributed by atoms with E-state index in [1.807, 2.05) is 24.3 Å². The van der Waals surface area contributed by atoms with Gasteiger partial charge in [0.2, 0.25) is 10.0 Å². The minimum absolute atomic E-state index is 0.00944. The molecule has 0 unspecified atom stereocenters. The van der Waals surface area contributed by atoms with Gasteiger partial charge < -0.3 is 14.8 Å². The second-order valence-corrected chi connectivity index (χ2v) is 8.64. The van der Waals surface area contributed by atoms with E-state index in [9.17, 15) is 18.0 Å². The monoisotopic (exact) mass is 432 g/mol. The molecule has 1 amide bonds. The Balaban J connectivity index is 1.46. The van der Waals surface area contributed by atoms with Gasteiger partial charge in [-0.2, -0.15) is 4.72 Å². The van der Waals surface area contributed by atoms with Crippen molar-refractivity contribution in [2.75, 3.05) is 20.3 Å². The Labute approximate surface area is 175 Å². The molecule has 0 saturated heterocycles. The molecule has 1 atom stereocenters. The minimum atomic E-state index is -3.88. The number of rotatable bonds is 8. The number of ether oxygens (including phenoxy) is 2. The molecule has 0 heterocycles. The first-order chi connectivity index (χ1) is 14.4. The summed E-state index contributed by atoms with van der Waals surface area (Å²) in [5.41, 5.74) is 2.29. The molecular formula is C21H24N2O6S. The van der Waals surface area contributed by atoms with Gasteiger partial charge in [0.15, 0.2) is 6.61 Å². The fraction of sp³-hybridized carbons (Fsp3) is 0.333. The van der Waals surface area contributed by atoms with Crippen molar-refractivity contribution in [3.63, 3.8) is 0 Å². The maximum absolute atomic E-state index is 12.2. The first-order valence-corrected chi connectivity index (χ1v) is 11.0. The van der Waals surface area contributed by atoms with Crippen LogP contribution in [0.25, 0.3) is 0 Å². The topological polar surface area (TPSA) is 111 Å². The molecule has 1 aliphatic carbocycles. The average molecular weight is 432 g/mol. The Bertz CT molecular complexity index is 1000. The van der Waals surface area contributed by atoms with E-state index < -0.39 is 35.1 Å². The smallest absolute Gasteiger partial charge is 0.321 e. The van der Waals surface area contributed by atoms with Crippen molar-refractivity contribution in [2.45, 2.75) is 30.2 Å². The summed E-state index contributed by atoms with van der Waals surface area (Å²) in [7, 11) is -2.41. The Hall–Kier alpha value is -2.91. The van der Waals surface area contributed by atoms with Gasteiger partial charge in [-0.15, -0.1) is 0 Å². The van der Waals surface area contributed by atoms with Gasteiger partial charge in [-0.05, 0) is 54.7 Å². The number of amides is 1. The van der Waals surface area contributed by atoms with Crippen molar-refractivity contribution in [2.24, 2.45) is 0 Å². The molecule has 2 N–H and O–H groups in total. The number of hydrogen-bond acceptors (Lipinski definition) is 6. The third kappa shape index (κ3) is 5.58. The van der Waals surface area contributed by atoms with Crippen LogP contribution in [-0.4, -0.2) is 40.6 Å². The fourth-order valence-electron chi connectivity index (χ4n) is 3.33. The van der Waals surface area contributed by atoms with E-state index in [2.05, 4.69) is 10.0 Å². The number of carbonyl (C=O) groups excluding carboxylic acids is 2. The van der Waals surface area contributed by atoms with Crippen LogP contribution in [0, 0.1) is 0 Å². The SMILES string of the molecule is COc1ccc(S(=O)(=O)NCC(=O)OCC(=O)N[C@@H]2CCCc3ccccc32)cc1. The van der Waals surface area contributed by atoms with E-state index in [4.69, 9.17) is 9.47 Å². The quantitative estimate of drug-likeness (QED) is 0.615. The third-order valence-corrected chi connectivity index (χ3v) is 6.26. The standard InChI is InChI=1S/C21H24N2O6S/c1-28-16-9-11-17(12-10-16)30(26,27)22-13-21(25)29-14-20(24)23-19-8-4-6-15-5-2-3-7-18(15)19/h2-3,5,7,9-12,19,22H,4,6,8,13-14H2,1H3,(H,23,24)/t19-/m1/s1. The maximum atomic E-state index is 12.2. The zero-order chi connectivity index (χ0) is 21.6. The number of nitrogens with one attached hydrogen (secondary N) is 2. The molecule has 2 aromatic carbocycles. The van der Waals surface area contributed by atoms with Crippen molar-refractivity contribution < 1.29 is 27.5 Å². The van der Waals surface area contributed by atoms with Gasteiger partial charge in [0.1, 0.15) is 12.3 Å². The van der Waals surface area contributed by atoms with E-state index in [1.165, 1.54) is 36.9 Å². The lowest BCUT2D eigenvalue weighted by Crippen LogP contribution is -2.36. The van der Waals surface area contributed by atoms with Gasteiger partial charge in [-0.3, -0.25) is 9.59 Å². The molecule has 3 rings (SSSR count). The Morgan fingerprint density at radius 2 is 1.83 bits per heavy atom. The van der Waals surface area contributed by atoms with Crippen molar-refractivity contribution in [3.05, 3.63) is 59.7 Å². The molecule has 2 aromatic rings. The van der Waals surface area contributed by atoms with Gasteiger partial charge in [0.25, 0.3) is 5.91 Å². The number of hydrogen-bond donors (Lipinski definition) is 2. The average Bonchev–Trinajstić information content (AvgIpc) is 2.76. The highest BCUT2D eigenvalue weighted by Gasteiger charge is 2.22. The molecule has 0 bridgehead atoms. The van der Waals surface area contributed by atoms with Crippen LogP contribution >= 0.6 is 0 Å². The van der Waals surface area contributed by atoms with Crippen LogP contribution in [0.15, 0.2) is 53.4 Å². The Morgan fingerprint density at radius 1 is 1.10 bits per heavy atom. The highest BCUT2D eigenvalue weighted by molar-refractivity contribution is 7.89.